The number of benzene rings is 1. The third kappa shape index (κ3) is 3.56. The number of ether oxygens (including phenoxy) is 2. The van der Waals surface area contributed by atoms with Crippen molar-refractivity contribution < 1.29 is 14.3 Å². The Balaban J connectivity index is 2.06. The van der Waals surface area contributed by atoms with Gasteiger partial charge in [0.2, 0.25) is 0 Å². The first-order valence-corrected chi connectivity index (χ1v) is 7.01. The highest BCUT2D eigenvalue weighted by Gasteiger charge is 2.27. The largest absolute Gasteiger partial charge is 0.376 e. The summed E-state index contributed by atoms with van der Waals surface area (Å²) in [5.74, 6) is -0.0148. The predicted molar refractivity (Wildman–Crippen MR) is 76.0 cm³/mol. The van der Waals surface area contributed by atoms with Crippen LogP contribution in [0.3, 0.4) is 0 Å². The van der Waals surface area contributed by atoms with E-state index in [9.17, 15) is 4.79 Å². The van der Waals surface area contributed by atoms with E-state index in [2.05, 4.69) is 0 Å². The van der Waals surface area contributed by atoms with Crippen molar-refractivity contribution in [3.63, 3.8) is 0 Å². The minimum Gasteiger partial charge on any atom is -0.376 e. The molecule has 0 aromatic heterocycles. The van der Waals surface area contributed by atoms with E-state index in [1.165, 1.54) is 0 Å². The molecule has 1 aliphatic rings. The Hall–Kier alpha value is -1.43. The number of amides is 1. The second kappa shape index (κ2) is 7.38. The molecule has 2 rings (SSSR count). The molecule has 1 fully saturated rings. The van der Waals surface area contributed by atoms with Crippen molar-refractivity contribution in [3.05, 3.63) is 35.4 Å². The Morgan fingerprint density at radius 1 is 1.35 bits per heavy atom. The van der Waals surface area contributed by atoms with Crippen LogP contribution in [0, 0.1) is 0 Å². The summed E-state index contributed by atoms with van der Waals surface area (Å²) < 4.78 is 10.8. The molecule has 20 heavy (non-hydrogen) atoms. The molecule has 0 saturated carbocycles. The minimum atomic E-state index is -0.478. The monoisotopic (exact) mass is 278 g/mol. The highest BCUT2D eigenvalue weighted by Crippen LogP contribution is 2.13. The molecule has 2 N–H and O–H groups in total. The average Bonchev–Trinajstić information content (AvgIpc) is 2.53. The molecule has 1 atom stereocenters. The molecule has 1 aromatic rings. The Kier molecular flexibility index (Phi) is 5.52. The summed E-state index contributed by atoms with van der Waals surface area (Å²) in [6.45, 7) is 5.02. The maximum Gasteiger partial charge on any atom is 0.254 e. The lowest BCUT2D eigenvalue weighted by atomic mass is 10.1. The molecule has 1 amide bonds. The van der Waals surface area contributed by atoms with Gasteiger partial charge in [0.1, 0.15) is 0 Å². The van der Waals surface area contributed by atoms with Gasteiger partial charge in [0.05, 0.1) is 19.8 Å². The summed E-state index contributed by atoms with van der Waals surface area (Å²) in [5, 5.41) is 0. The van der Waals surface area contributed by atoms with Crippen molar-refractivity contribution in [2.45, 2.75) is 26.1 Å². The fourth-order valence-electron chi connectivity index (χ4n) is 2.30. The van der Waals surface area contributed by atoms with Gasteiger partial charge in [-0.25, -0.2) is 0 Å². The molecular formula is C15H22N2O3. The molecule has 1 aliphatic heterocycles. The third-order valence-electron chi connectivity index (χ3n) is 3.48. The molecule has 5 heteroatoms. The van der Waals surface area contributed by atoms with Crippen LogP contribution >= 0.6 is 0 Å². The van der Waals surface area contributed by atoms with Crippen LogP contribution in [0.15, 0.2) is 24.3 Å². The molecule has 0 aliphatic carbocycles. The molecular weight excluding hydrogens is 256 g/mol. The van der Waals surface area contributed by atoms with Crippen molar-refractivity contribution in [1.29, 1.82) is 0 Å². The van der Waals surface area contributed by atoms with Gasteiger partial charge in [-0.15, -0.1) is 0 Å². The lowest BCUT2D eigenvalue weighted by molar-refractivity contribution is -0.158. The van der Waals surface area contributed by atoms with Crippen LogP contribution in [0.25, 0.3) is 0 Å². The second-order valence-electron chi connectivity index (χ2n) is 4.76. The molecule has 1 heterocycles. The van der Waals surface area contributed by atoms with Crippen molar-refractivity contribution in [3.8, 4) is 0 Å². The van der Waals surface area contributed by atoms with Crippen molar-refractivity contribution in [2.75, 3.05) is 26.4 Å². The van der Waals surface area contributed by atoms with Gasteiger partial charge in [-0.2, -0.15) is 0 Å². The molecule has 110 valence electrons. The first kappa shape index (κ1) is 15.0. The van der Waals surface area contributed by atoms with Crippen LogP contribution in [0.1, 0.15) is 18.1 Å². The highest BCUT2D eigenvalue weighted by molar-refractivity contribution is 5.81. The Morgan fingerprint density at radius 3 is 2.70 bits per heavy atom. The van der Waals surface area contributed by atoms with Gasteiger partial charge in [0.15, 0.2) is 6.10 Å². The minimum absolute atomic E-state index is 0.0148. The summed E-state index contributed by atoms with van der Waals surface area (Å²) in [4.78, 5) is 14.2. The van der Waals surface area contributed by atoms with Gasteiger partial charge in [-0.05, 0) is 18.1 Å². The summed E-state index contributed by atoms with van der Waals surface area (Å²) in [5.41, 5.74) is 7.89. The maximum atomic E-state index is 12.4. The van der Waals surface area contributed by atoms with E-state index in [4.69, 9.17) is 15.2 Å². The lowest BCUT2D eigenvalue weighted by Gasteiger charge is -2.29. The van der Waals surface area contributed by atoms with E-state index in [0.717, 1.165) is 11.1 Å². The second-order valence-corrected chi connectivity index (χ2v) is 4.76. The number of hydrogen-bond donors (Lipinski definition) is 1. The normalized spacial score (nSPS) is 18.8. The zero-order valence-electron chi connectivity index (χ0n) is 11.9. The number of carbonyl (C=O) groups excluding carboxylic acids is 1. The molecule has 0 bridgehead atoms. The van der Waals surface area contributed by atoms with Gasteiger partial charge < -0.3 is 20.1 Å². The SMILES string of the molecule is CCN(Cc1ccccc1CN)C(=O)C1COCCO1. The molecule has 1 saturated heterocycles. The van der Waals surface area contributed by atoms with Crippen LogP contribution in [-0.4, -0.2) is 43.3 Å². The number of carbonyl (C=O) groups is 1. The average molecular weight is 278 g/mol. The fourth-order valence-corrected chi connectivity index (χ4v) is 2.30. The van der Waals surface area contributed by atoms with Crippen LogP contribution in [-0.2, 0) is 27.4 Å². The fraction of sp³-hybridized carbons (Fsp3) is 0.533. The Bertz CT molecular complexity index is 444. The molecule has 1 aromatic carbocycles. The van der Waals surface area contributed by atoms with E-state index in [1.54, 1.807) is 4.90 Å². The number of nitrogens with two attached hydrogens (primary N) is 1. The zero-order chi connectivity index (χ0) is 14.4. The van der Waals surface area contributed by atoms with E-state index >= 15 is 0 Å². The van der Waals surface area contributed by atoms with Crippen LogP contribution in [0.4, 0.5) is 0 Å². The van der Waals surface area contributed by atoms with E-state index in [1.807, 2.05) is 31.2 Å². The quantitative estimate of drug-likeness (QED) is 0.869. The third-order valence-corrected chi connectivity index (χ3v) is 3.48. The standard InChI is InChI=1S/C15H22N2O3/c1-2-17(15(18)14-11-19-7-8-20-14)10-13-6-4-3-5-12(13)9-16/h3-6,14H,2,7-11,16H2,1H3. The summed E-state index contributed by atoms with van der Waals surface area (Å²) in [7, 11) is 0. The van der Waals surface area contributed by atoms with Gasteiger partial charge in [0.25, 0.3) is 5.91 Å². The van der Waals surface area contributed by atoms with Crippen molar-refractivity contribution >= 4 is 5.91 Å². The number of nitrogens with zero attached hydrogens (tertiary/aromatic N) is 1. The van der Waals surface area contributed by atoms with Crippen LogP contribution in [0.2, 0.25) is 0 Å². The molecule has 0 spiro atoms. The van der Waals surface area contributed by atoms with Crippen molar-refractivity contribution in [1.82, 2.24) is 4.90 Å². The van der Waals surface area contributed by atoms with Gasteiger partial charge in [0, 0.05) is 19.6 Å². The Morgan fingerprint density at radius 2 is 2.10 bits per heavy atom. The van der Waals surface area contributed by atoms with E-state index in [-0.39, 0.29) is 5.91 Å². The highest BCUT2D eigenvalue weighted by atomic mass is 16.6. The zero-order valence-corrected chi connectivity index (χ0v) is 11.9. The number of hydrogen-bond acceptors (Lipinski definition) is 4. The van der Waals surface area contributed by atoms with Gasteiger partial charge >= 0.3 is 0 Å². The van der Waals surface area contributed by atoms with E-state index < -0.39 is 6.10 Å². The van der Waals surface area contributed by atoms with Crippen molar-refractivity contribution in [2.24, 2.45) is 5.73 Å². The van der Waals surface area contributed by atoms with Crippen LogP contribution in [0.5, 0.6) is 0 Å². The topological polar surface area (TPSA) is 64.8 Å². The number of rotatable bonds is 5. The Labute approximate surface area is 119 Å². The molecule has 5 nitrogen and oxygen atoms in total. The first-order valence-electron chi connectivity index (χ1n) is 7.01. The first-order chi connectivity index (χ1) is 9.76. The number of likely N-dealkylation sites (N-methyl/N-ethyl adjacent to an activating group) is 1. The van der Waals surface area contributed by atoms with Gasteiger partial charge in [-0.3, -0.25) is 4.79 Å². The smallest absolute Gasteiger partial charge is 0.254 e. The van der Waals surface area contributed by atoms with Gasteiger partial charge in [-0.1, -0.05) is 24.3 Å². The lowest BCUT2D eigenvalue weighted by Crippen LogP contribution is -2.45. The predicted octanol–water partition coefficient (Wildman–Crippen LogP) is 0.909. The maximum absolute atomic E-state index is 12.4. The van der Waals surface area contributed by atoms with Crippen LogP contribution < -0.4 is 5.73 Å². The molecule has 0 radical (unpaired) electrons. The summed E-state index contributed by atoms with van der Waals surface area (Å²) in [6, 6.07) is 7.93. The summed E-state index contributed by atoms with van der Waals surface area (Å²) >= 11 is 0. The van der Waals surface area contributed by atoms with E-state index in [0.29, 0.717) is 39.5 Å². The summed E-state index contributed by atoms with van der Waals surface area (Å²) in [6.07, 6.45) is -0.478. The molecule has 1 unspecified atom stereocenters.